The first-order chi connectivity index (χ1) is 12.4. The Morgan fingerprint density at radius 2 is 2.00 bits per heavy atom. The summed E-state index contributed by atoms with van der Waals surface area (Å²) in [7, 11) is 1.50. The third-order valence-corrected chi connectivity index (χ3v) is 9.20. The molecule has 7 atom stereocenters. The van der Waals surface area contributed by atoms with Crippen molar-refractivity contribution in [2.45, 2.75) is 84.2 Å². The van der Waals surface area contributed by atoms with Gasteiger partial charge < -0.3 is 9.84 Å². The zero-order valence-corrected chi connectivity index (χ0v) is 16.8. The lowest BCUT2D eigenvalue weighted by Gasteiger charge is -2.58. The first-order valence-electron chi connectivity index (χ1n) is 10.8. The fourth-order valence-electron chi connectivity index (χ4n) is 7.62. The Hall–Kier alpha value is -0.830. The summed E-state index contributed by atoms with van der Waals surface area (Å²) in [6.45, 7) is 5.02. The van der Waals surface area contributed by atoms with Gasteiger partial charge in [0.25, 0.3) is 0 Å². The van der Waals surface area contributed by atoms with E-state index in [4.69, 9.17) is 4.74 Å². The lowest BCUT2D eigenvalue weighted by atomic mass is 9.47. The maximum Gasteiger partial charge on any atom is 0.305 e. The molecule has 0 amide bonds. The molecule has 0 aromatic heterocycles. The molecule has 4 rings (SSSR count). The minimum absolute atomic E-state index is 0.0516. The molecule has 3 heteroatoms. The van der Waals surface area contributed by atoms with Crippen molar-refractivity contribution in [2.24, 2.45) is 34.5 Å². The molecular formula is C23H36O3. The number of hydrogen-bond acceptors (Lipinski definition) is 3. The molecule has 0 heterocycles. The lowest BCUT2D eigenvalue weighted by molar-refractivity contribution is -0.141. The number of carbonyl (C=O) groups is 1. The van der Waals surface area contributed by atoms with Crippen LogP contribution in [0.25, 0.3) is 0 Å². The van der Waals surface area contributed by atoms with E-state index in [0.29, 0.717) is 23.2 Å². The van der Waals surface area contributed by atoms with Crippen LogP contribution in [0.1, 0.15) is 78.1 Å². The van der Waals surface area contributed by atoms with Gasteiger partial charge in [-0.25, -0.2) is 0 Å². The third-order valence-electron chi connectivity index (χ3n) is 9.20. The number of rotatable bonds is 3. The molecule has 3 fully saturated rings. The molecule has 3 saturated carbocycles. The standard InChI is InChI=1S/C23H36O3/c1-22-13-11-20-18(7-4-16-14-17(24)10-12-23(16,20)2)19(22)8-5-15(22)6-9-21(25)26-3/h4,15,17-20,24H,5-14H2,1-3H3/t15-,17+,18+,19+,20+,22-,23+/m1/s1. The molecule has 4 aliphatic carbocycles. The highest BCUT2D eigenvalue weighted by Gasteiger charge is 2.58. The van der Waals surface area contributed by atoms with Gasteiger partial charge in [0.1, 0.15) is 0 Å². The van der Waals surface area contributed by atoms with Crippen LogP contribution in [0.2, 0.25) is 0 Å². The summed E-state index contributed by atoms with van der Waals surface area (Å²) in [6, 6.07) is 0. The predicted molar refractivity (Wildman–Crippen MR) is 102 cm³/mol. The molecule has 0 spiro atoms. The van der Waals surface area contributed by atoms with E-state index in [1.165, 1.54) is 39.2 Å². The van der Waals surface area contributed by atoms with Crippen molar-refractivity contribution in [3.8, 4) is 0 Å². The van der Waals surface area contributed by atoms with Crippen LogP contribution in [0.4, 0.5) is 0 Å². The number of aliphatic hydroxyl groups excluding tert-OH is 1. The summed E-state index contributed by atoms with van der Waals surface area (Å²) >= 11 is 0. The van der Waals surface area contributed by atoms with Crippen molar-refractivity contribution >= 4 is 5.97 Å². The molecule has 3 nitrogen and oxygen atoms in total. The van der Waals surface area contributed by atoms with Gasteiger partial charge in [-0.1, -0.05) is 25.5 Å². The van der Waals surface area contributed by atoms with Gasteiger partial charge in [-0.3, -0.25) is 4.79 Å². The minimum Gasteiger partial charge on any atom is -0.469 e. The van der Waals surface area contributed by atoms with Gasteiger partial charge in [0.05, 0.1) is 13.2 Å². The Bertz CT molecular complexity index is 596. The first-order valence-corrected chi connectivity index (χ1v) is 10.8. The third kappa shape index (κ3) is 2.77. The van der Waals surface area contributed by atoms with Crippen molar-refractivity contribution in [3.05, 3.63) is 11.6 Å². The van der Waals surface area contributed by atoms with Crippen molar-refractivity contribution in [1.29, 1.82) is 0 Å². The number of carbonyl (C=O) groups excluding carboxylic acids is 1. The van der Waals surface area contributed by atoms with Crippen molar-refractivity contribution < 1.29 is 14.6 Å². The van der Waals surface area contributed by atoms with Gasteiger partial charge in [-0.05, 0) is 92.3 Å². The molecule has 0 bridgehead atoms. The number of esters is 1. The smallest absolute Gasteiger partial charge is 0.305 e. The molecule has 0 aromatic carbocycles. The average molecular weight is 361 g/mol. The fraction of sp³-hybridized carbons (Fsp3) is 0.870. The van der Waals surface area contributed by atoms with Crippen LogP contribution in [-0.2, 0) is 9.53 Å². The van der Waals surface area contributed by atoms with E-state index in [1.54, 1.807) is 5.57 Å². The van der Waals surface area contributed by atoms with Crippen LogP contribution >= 0.6 is 0 Å². The van der Waals surface area contributed by atoms with E-state index in [9.17, 15) is 9.90 Å². The van der Waals surface area contributed by atoms with Crippen molar-refractivity contribution in [3.63, 3.8) is 0 Å². The normalized spacial score (nSPS) is 47.4. The topological polar surface area (TPSA) is 46.5 Å². The SMILES string of the molecule is COC(=O)CC[C@H]1CC[C@H]2[C@@H]3CC=C4C[C@@H](O)CC[C@]4(C)[C@H]3CC[C@]12C. The van der Waals surface area contributed by atoms with Crippen molar-refractivity contribution in [2.75, 3.05) is 7.11 Å². The Labute approximate surface area is 158 Å². The molecule has 0 radical (unpaired) electrons. The van der Waals surface area contributed by atoms with Gasteiger partial charge in [0, 0.05) is 6.42 Å². The molecule has 1 N–H and O–H groups in total. The van der Waals surface area contributed by atoms with E-state index in [-0.39, 0.29) is 12.1 Å². The second-order valence-electron chi connectivity index (χ2n) is 10.1. The Balaban J connectivity index is 1.53. The summed E-state index contributed by atoms with van der Waals surface area (Å²) in [4.78, 5) is 11.6. The van der Waals surface area contributed by atoms with Crippen molar-refractivity contribution in [1.82, 2.24) is 0 Å². The number of ether oxygens (including phenoxy) is 1. The van der Waals surface area contributed by atoms with Crippen LogP contribution in [0.5, 0.6) is 0 Å². The molecule has 4 aliphatic rings. The Kier molecular flexibility index (Phi) is 4.74. The largest absolute Gasteiger partial charge is 0.469 e. The van der Waals surface area contributed by atoms with E-state index < -0.39 is 0 Å². The monoisotopic (exact) mass is 360 g/mol. The fourth-order valence-corrected chi connectivity index (χ4v) is 7.62. The van der Waals surface area contributed by atoms with Crippen LogP contribution < -0.4 is 0 Å². The first kappa shape index (κ1) is 18.5. The van der Waals surface area contributed by atoms with E-state index in [2.05, 4.69) is 19.9 Å². The predicted octanol–water partition coefficient (Wildman–Crippen LogP) is 4.88. The second-order valence-corrected chi connectivity index (χ2v) is 10.1. The van der Waals surface area contributed by atoms with Gasteiger partial charge >= 0.3 is 5.97 Å². The highest BCUT2D eigenvalue weighted by atomic mass is 16.5. The second kappa shape index (κ2) is 6.65. The van der Waals surface area contributed by atoms with Gasteiger partial charge in [-0.2, -0.15) is 0 Å². The molecule has 26 heavy (non-hydrogen) atoms. The number of allylic oxidation sites excluding steroid dienone is 1. The molecule has 146 valence electrons. The van der Waals surface area contributed by atoms with Gasteiger partial charge in [0.15, 0.2) is 0 Å². The van der Waals surface area contributed by atoms with E-state index in [0.717, 1.165) is 43.4 Å². The lowest BCUT2D eigenvalue weighted by Crippen LogP contribution is -2.50. The number of hydrogen-bond donors (Lipinski definition) is 1. The quantitative estimate of drug-likeness (QED) is 0.576. The summed E-state index contributed by atoms with van der Waals surface area (Å²) in [5.41, 5.74) is 2.29. The van der Waals surface area contributed by atoms with E-state index in [1.807, 2.05) is 0 Å². The maximum atomic E-state index is 11.6. The number of aliphatic hydroxyl groups is 1. The molecule has 0 aromatic rings. The highest BCUT2D eigenvalue weighted by Crippen LogP contribution is 2.66. The van der Waals surface area contributed by atoms with Gasteiger partial charge in [-0.15, -0.1) is 0 Å². The maximum absolute atomic E-state index is 11.6. The number of methoxy groups -OCH3 is 1. The summed E-state index contributed by atoms with van der Waals surface area (Å²) in [5.74, 6) is 3.04. The average Bonchev–Trinajstić information content (AvgIpc) is 2.96. The summed E-state index contributed by atoms with van der Waals surface area (Å²) < 4.78 is 4.88. The van der Waals surface area contributed by atoms with E-state index >= 15 is 0 Å². The molecule has 0 saturated heterocycles. The molecule has 0 aliphatic heterocycles. The van der Waals surface area contributed by atoms with Gasteiger partial charge in [0.2, 0.25) is 0 Å². The van der Waals surface area contributed by atoms with Crippen LogP contribution in [0.3, 0.4) is 0 Å². The molecular weight excluding hydrogens is 324 g/mol. The van der Waals surface area contributed by atoms with Crippen LogP contribution in [-0.4, -0.2) is 24.3 Å². The Morgan fingerprint density at radius 1 is 1.19 bits per heavy atom. The summed E-state index contributed by atoms with van der Waals surface area (Å²) in [5, 5.41) is 10.1. The zero-order valence-electron chi connectivity index (χ0n) is 16.8. The molecule has 0 unspecified atom stereocenters. The van der Waals surface area contributed by atoms with Crippen LogP contribution in [0.15, 0.2) is 11.6 Å². The summed E-state index contributed by atoms with van der Waals surface area (Å²) in [6.07, 6.45) is 13.5. The number of fused-ring (bicyclic) bond motifs is 5. The minimum atomic E-state index is -0.117. The zero-order chi connectivity index (χ0) is 18.5. The Morgan fingerprint density at radius 3 is 2.77 bits per heavy atom. The highest BCUT2D eigenvalue weighted by molar-refractivity contribution is 5.69. The van der Waals surface area contributed by atoms with Crippen LogP contribution in [0, 0.1) is 34.5 Å².